The molecule has 1 atom stereocenters. The first kappa shape index (κ1) is 23.7. The molecule has 0 radical (unpaired) electrons. The highest BCUT2D eigenvalue weighted by Crippen LogP contribution is 2.34. The van der Waals surface area contributed by atoms with E-state index in [1.54, 1.807) is 0 Å². The molecule has 0 aliphatic carbocycles. The summed E-state index contributed by atoms with van der Waals surface area (Å²) in [6.45, 7) is 6.59. The van der Waals surface area contributed by atoms with E-state index in [2.05, 4.69) is 36.3 Å². The van der Waals surface area contributed by atoms with Gasteiger partial charge < -0.3 is 19.7 Å². The van der Waals surface area contributed by atoms with Gasteiger partial charge in [0.1, 0.15) is 12.7 Å². The Morgan fingerprint density at radius 3 is 2.52 bits per heavy atom. The molecule has 1 fully saturated rings. The second-order valence-electron chi connectivity index (χ2n) is 7.95. The summed E-state index contributed by atoms with van der Waals surface area (Å²) < 4.78 is 12.0. The van der Waals surface area contributed by atoms with Gasteiger partial charge in [0, 0.05) is 30.4 Å². The summed E-state index contributed by atoms with van der Waals surface area (Å²) in [6, 6.07) is 12.3. The molecule has 0 bridgehead atoms. The Hall–Kier alpha value is -1.53. The van der Waals surface area contributed by atoms with Crippen molar-refractivity contribution in [2.45, 2.75) is 31.3 Å². The first-order valence-electron chi connectivity index (χ1n) is 9.86. The Bertz CT molecular complexity index is 767. The Morgan fingerprint density at radius 2 is 1.83 bits per heavy atom. The fourth-order valence-electron chi connectivity index (χ4n) is 4.26. The van der Waals surface area contributed by atoms with Gasteiger partial charge in [-0.2, -0.15) is 0 Å². The highest BCUT2D eigenvalue weighted by Gasteiger charge is 2.37. The van der Waals surface area contributed by atoms with Crippen molar-refractivity contribution >= 4 is 24.8 Å². The second kappa shape index (κ2) is 10.5. The van der Waals surface area contributed by atoms with Crippen LogP contribution in [0.4, 0.5) is 0 Å². The third-order valence-corrected chi connectivity index (χ3v) is 5.67. The quantitative estimate of drug-likeness (QED) is 0.770. The number of pyridine rings is 1. The summed E-state index contributed by atoms with van der Waals surface area (Å²) in [5.41, 5.74) is 2.52. The SMILES string of the molecule is Cc1ccc(C2(CN(C)CC3COc4ccccc4O3)CCNCC2)nc1.Cl.Cl. The molecule has 7 heteroatoms. The van der Waals surface area contributed by atoms with Crippen molar-refractivity contribution in [3.05, 3.63) is 53.9 Å². The number of rotatable bonds is 5. The molecule has 4 rings (SSSR count). The van der Waals surface area contributed by atoms with Gasteiger partial charge in [-0.1, -0.05) is 18.2 Å². The molecular formula is C22H31Cl2N3O2. The first-order valence-corrected chi connectivity index (χ1v) is 9.86. The van der Waals surface area contributed by atoms with Gasteiger partial charge in [-0.3, -0.25) is 4.98 Å². The van der Waals surface area contributed by atoms with Crippen LogP contribution in [0.5, 0.6) is 11.5 Å². The molecule has 0 saturated carbocycles. The van der Waals surface area contributed by atoms with Gasteiger partial charge in [0.2, 0.25) is 0 Å². The van der Waals surface area contributed by atoms with E-state index in [-0.39, 0.29) is 36.3 Å². The molecule has 1 saturated heterocycles. The molecule has 1 N–H and O–H groups in total. The third kappa shape index (κ3) is 5.54. The monoisotopic (exact) mass is 439 g/mol. The standard InChI is InChI=1S/C22H29N3O2.2ClH/c1-17-7-8-21(24-13-17)22(9-11-23-12-10-22)16-25(2)14-18-15-26-19-5-3-4-6-20(19)27-18;;/h3-8,13,18,23H,9-12,14-16H2,1-2H3;2*1H. The maximum Gasteiger partial charge on any atom is 0.161 e. The smallest absolute Gasteiger partial charge is 0.161 e. The van der Waals surface area contributed by atoms with Crippen molar-refractivity contribution in [3.63, 3.8) is 0 Å². The third-order valence-electron chi connectivity index (χ3n) is 5.67. The summed E-state index contributed by atoms with van der Waals surface area (Å²) >= 11 is 0. The zero-order valence-corrected chi connectivity index (χ0v) is 18.7. The van der Waals surface area contributed by atoms with Crippen LogP contribution in [0.3, 0.4) is 0 Å². The number of hydrogen-bond donors (Lipinski definition) is 1. The lowest BCUT2D eigenvalue weighted by atomic mass is 9.75. The van der Waals surface area contributed by atoms with Crippen molar-refractivity contribution < 1.29 is 9.47 Å². The van der Waals surface area contributed by atoms with Crippen LogP contribution in [-0.2, 0) is 5.41 Å². The molecule has 5 nitrogen and oxygen atoms in total. The molecular weight excluding hydrogens is 409 g/mol. The summed E-state index contributed by atoms with van der Waals surface area (Å²) in [6.07, 6.45) is 4.26. The topological polar surface area (TPSA) is 46.6 Å². The Balaban J connectivity index is 0.00000150. The lowest BCUT2D eigenvalue weighted by molar-refractivity contribution is 0.0566. The maximum absolute atomic E-state index is 6.15. The van der Waals surface area contributed by atoms with Gasteiger partial charge in [0.15, 0.2) is 11.5 Å². The minimum Gasteiger partial charge on any atom is -0.486 e. The van der Waals surface area contributed by atoms with Crippen LogP contribution in [0.15, 0.2) is 42.6 Å². The van der Waals surface area contributed by atoms with Gasteiger partial charge in [0.25, 0.3) is 0 Å². The van der Waals surface area contributed by atoms with Crippen LogP contribution in [0, 0.1) is 6.92 Å². The van der Waals surface area contributed by atoms with Crippen LogP contribution in [0.1, 0.15) is 24.1 Å². The van der Waals surface area contributed by atoms with E-state index < -0.39 is 0 Å². The first-order chi connectivity index (χ1) is 13.1. The van der Waals surface area contributed by atoms with Crippen LogP contribution >= 0.6 is 24.8 Å². The lowest BCUT2D eigenvalue weighted by Crippen LogP contribution is -2.49. The minimum absolute atomic E-state index is 0. The number of fused-ring (bicyclic) bond motifs is 1. The summed E-state index contributed by atoms with van der Waals surface area (Å²) in [5.74, 6) is 1.69. The molecule has 0 amide bonds. The average Bonchev–Trinajstić information content (AvgIpc) is 2.69. The fourth-order valence-corrected chi connectivity index (χ4v) is 4.26. The summed E-state index contributed by atoms with van der Waals surface area (Å²) in [5, 5.41) is 3.50. The number of aromatic nitrogens is 1. The minimum atomic E-state index is 0. The fraction of sp³-hybridized carbons (Fsp3) is 0.500. The zero-order valence-electron chi connectivity index (χ0n) is 17.1. The summed E-state index contributed by atoms with van der Waals surface area (Å²) in [4.78, 5) is 7.18. The van der Waals surface area contributed by atoms with Gasteiger partial charge >= 0.3 is 0 Å². The highest BCUT2D eigenvalue weighted by atomic mass is 35.5. The number of nitrogens with one attached hydrogen (secondary N) is 1. The van der Waals surface area contributed by atoms with E-state index in [1.807, 2.05) is 30.5 Å². The highest BCUT2D eigenvalue weighted by molar-refractivity contribution is 5.85. The van der Waals surface area contributed by atoms with E-state index in [0.29, 0.717) is 6.61 Å². The number of ether oxygens (including phenoxy) is 2. The van der Waals surface area contributed by atoms with Crippen molar-refractivity contribution in [1.82, 2.24) is 15.2 Å². The van der Waals surface area contributed by atoms with E-state index in [1.165, 1.54) is 11.3 Å². The molecule has 1 aromatic heterocycles. The lowest BCUT2D eigenvalue weighted by Gasteiger charge is -2.41. The number of benzene rings is 1. The molecule has 0 spiro atoms. The summed E-state index contributed by atoms with van der Waals surface area (Å²) in [7, 11) is 2.18. The molecule has 2 aliphatic rings. The number of halogens is 2. The number of hydrogen-bond acceptors (Lipinski definition) is 5. The number of aryl methyl sites for hydroxylation is 1. The Kier molecular flexibility index (Phi) is 8.58. The van der Waals surface area contributed by atoms with Crippen molar-refractivity contribution in [2.24, 2.45) is 0 Å². The molecule has 160 valence electrons. The molecule has 29 heavy (non-hydrogen) atoms. The second-order valence-corrected chi connectivity index (χ2v) is 7.95. The largest absolute Gasteiger partial charge is 0.486 e. The maximum atomic E-state index is 6.15. The van der Waals surface area contributed by atoms with E-state index in [4.69, 9.17) is 14.5 Å². The van der Waals surface area contributed by atoms with Crippen LogP contribution in [-0.4, -0.2) is 55.8 Å². The van der Waals surface area contributed by atoms with Crippen molar-refractivity contribution in [2.75, 3.05) is 39.8 Å². The van der Waals surface area contributed by atoms with Gasteiger partial charge in [-0.15, -0.1) is 24.8 Å². The average molecular weight is 440 g/mol. The van der Waals surface area contributed by atoms with Crippen molar-refractivity contribution in [1.29, 1.82) is 0 Å². The Labute approximate surface area is 186 Å². The molecule has 1 unspecified atom stereocenters. The van der Waals surface area contributed by atoms with Crippen LogP contribution < -0.4 is 14.8 Å². The van der Waals surface area contributed by atoms with Crippen LogP contribution in [0.25, 0.3) is 0 Å². The van der Waals surface area contributed by atoms with Gasteiger partial charge in [-0.05, 0) is 63.7 Å². The zero-order chi connectivity index (χ0) is 18.7. The van der Waals surface area contributed by atoms with E-state index in [9.17, 15) is 0 Å². The normalized spacial score (nSPS) is 19.8. The predicted octanol–water partition coefficient (Wildman–Crippen LogP) is 3.63. The van der Waals surface area contributed by atoms with E-state index >= 15 is 0 Å². The number of nitrogens with zero attached hydrogens (tertiary/aromatic N) is 2. The Morgan fingerprint density at radius 1 is 1.10 bits per heavy atom. The van der Waals surface area contributed by atoms with Gasteiger partial charge in [-0.25, -0.2) is 0 Å². The number of para-hydroxylation sites is 2. The van der Waals surface area contributed by atoms with Gasteiger partial charge in [0.05, 0.1) is 0 Å². The molecule has 1 aromatic carbocycles. The number of piperidine rings is 1. The number of likely N-dealkylation sites (N-methyl/N-ethyl adjacent to an activating group) is 1. The van der Waals surface area contributed by atoms with Crippen molar-refractivity contribution in [3.8, 4) is 11.5 Å². The van der Waals surface area contributed by atoms with Crippen LogP contribution in [0.2, 0.25) is 0 Å². The molecule has 2 aliphatic heterocycles. The predicted molar refractivity (Wildman–Crippen MR) is 121 cm³/mol. The van der Waals surface area contributed by atoms with E-state index in [0.717, 1.165) is 50.5 Å². The molecule has 2 aromatic rings. The molecule has 3 heterocycles.